The van der Waals surface area contributed by atoms with Gasteiger partial charge in [-0.1, -0.05) is 48.1 Å². The van der Waals surface area contributed by atoms with Crippen LogP contribution in [-0.4, -0.2) is 17.3 Å². The minimum absolute atomic E-state index is 0.106. The summed E-state index contributed by atoms with van der Waals surface area (Å²) in [7, 11) is 0. The maximum atomic E-state index is 9.30. The molecular weight excluding hydrogens is 260 g/mol. The molecule has 1 N–H and O–H groups in total. The van der Waals surface area contributed by atoms with E-state index < -0.39 is 0 Å². The van der Waals surface area contributed by atoms with Gasteiger partial charge in [0.25, 0.3) is 0 Å². The lowest BCUT2D eigenvalue weighted by atomic mass is 9.97. The second-order valence-electron chi connectivity index (χ2n) is 5.87. The molecule has 0 heterocycles. The van der Waals surface area contributed by atoms with Gasteiger partial charge in [-0.05, 0) is 39.2 Å². The molecule has 0 aliphatic rings. The van der Waals surface area contributed by atoms with Crippen LogP contribution in [0, 0.1) is 0 Å². The van der Waals surface area contributed by atoms with Gasteiger partial charge in [0, 0.05) is 13.0 Å². The SMILES string of the molecule is C=CC(C)(CCC=C(C)C)OC(CCO)c1ccccc1. The summed E-state index contributed by atoms with van der Waals surface area (Å²) >= 11 is 0. The van der Waals surface area contributed by atoms with Crippen LogP contribution in [0.1, 0.15) is 51.7 Å². The van der Waals surface area contributed by atoms with Gasteiger partial charge < -0.3 is 9.84 Å². The Labute approximate surface area is 129 Å². The van der Waals surface area contributed by atoms with Gasteiger partial charge >= 0.3 is 0 Å². The largest absolute Gasteiger partial charge is 0.396 e. The Hall–Kier alpha value is -1.38. The molecular formula is C19H28O2. The van der Waals surface area contributed by atoms with Crippen molar-refractivity contribution in [2.75, 3.05) is 6.61 Å². The average Bonchev–Trinajstić information content (AvgIpc) is 2.47. The monoisotopic (exact) mass is 288 g/mol. The first-order valence-electron chi connectivity index (χ1n) is 7.61. The molecule has 0 saturated heterocycles. The van der Waals surface area contributed by atoms with Crippen molar-refractivity contribution in [2.24, 2.45) is 0 Å². The van der Waals surface area contributed by atoms with Crippen molar-refractivity contribution >= 4 is 0 Å². The van der Waals surface area contributed by atoms with Crippen molar-refractivity contribution in [2.45, 2.75) is 51.7 Å². The van der Waals surface area contributed by atoms with E-state index >= 15 is 0 Å². The van der Waals surface area contributed by atoms with E-state index in [0.717, 1.165) is 18.4 Å². The van der Waals surface area contributed by atoms with Crippen LogP contribution in [0.15, 0.2) is 54.6 Å². The summed E-state index contributed by atoms with van der Waals surface area (Å²) in [6.07, 6.45) is 6.43. The summed E-state index contributed by atoms with van der Waals surface area (Å²) in [4.78, 5) is 0. The third-order valence-corrected chi connectivity index (χ3v) is 3.60. The van der Waals surface area contributed by atoms with Crippen LogP contribution in [0.5, 0.6) is 0 Å². The normalized spacial score (nSPS) is 15.0. The summed E-state index contributed by atoms with van der Waals surface area (Å²) in [5.74, 6) is 0. The van der Waals surface area contributed by atoms with Crippen molar-refractivity contribution in [1.29, 1.82) is 0 Å². The molecule has 2 heteroatoms. The van der Waals surface area contributed by atoms with Crippen LogP contribution >= 0.6 is 0 Å². The molecule has 0 aliphatic carbocycles. The summed E-state index contributed by atoms with van der Waals surface area (Å²) in [5.41, 5.74) is 2.03. The smallest absolute Gasteiger partial charge is 0.0858 e. The second-order valence-corrected chi connectivity index (χ2v) is 5.87. The summed E-state index contributed by atoms with van der Waals surface area (Å²) in [6, 6.07) is 10.1. The zero-order valence-corrected chi connectivity index (χ0v) is 13.5. The van der Waals surface area contributed by atoms with E-state index in [9.17, 15) is 5.11 Å². The standard InChI is InChI=1S/C19H28O2/c1-5-19(4,14-9-10-16(2)3)21-18(13-15-20)17-11-7-6-8-12-17/h5-8,10-12,18,20H,1,9,13-15H2,2-4H3. The first kappa shape index (κ1) is 17.7. The lowest BCUT2D eigenvalue weighted by Gasteiger charge is -2.31. The lowest BCUT2D eigenvalue weighted by molar-refractivity contribution is -0.0665. The van der Waals surface area contributed by atoms with Gasteiger partial charge in [-0.3, -0.25) is 0 Å². The topological polar surface area (TPSA) is 29.5 Å². The van der Waals surface area contributed by atoms with Gasteiger partial charge in [0.15, 0.2) is 0 Å². The first-order chi connectivity index (χ1) is 10.0. The van der Waals surface area contributed by atoms with Crippen molar-refractivity contribution in [1.82, 2.24) is 0 Å². The van der Waals surface area contributed by atoms with Crippen molar-refractivity contribution in [3.63, 3.8) is 0 Å². The Morgan fingerprint density at radius 3 is 2.52 bits per heavy atom. The van der Waals surface area contributed by atoms with E-state index in [1.54, 1.807) is 0 Å². The molecule has 0 radical (unpaired) electrons. The highest BCUT2D eigenvalue weighted by Crippen LogP contribution is 2.30. The van der Waals surface area contributed by atoms with Gasteiger partial charge in [0.2, 0.25) is 0 Å². The molecule has 0 amide bonds. The highest BCUT2D eigenvalue weighted by Gasteiger charge is 2.25. The number of allylic oxidation sites excluding steroid dienone is 2. The zero-order chi connectivity index (χ0) is 15.7. The quantitative estimate of drug-likeness (QED) is 0.660. The molecule has 0 saturated carbocycles. The van der Waals surface area contributed by atoms with Crippen LogP contribution in [-0.2, 0) is 4.74 Å². The van der Waals surface area contributed by atoms with E-state index in [0.29, 0.717) is 6.42 Å². The van der Waals surface area contributed by atoms with E-state index in [4.69, 9.17) is 4.74 Å². The summed E-state index contributed by atoms with van der Waals surface area (Å²) in [5, 5.41) is 9.30. The van der Waals surface area contributed by atoms with Crippen LogP contribution < -0.4 is 0 Å². The van der Waals surface area contributed by atoms with Crippen molar-refractivity contribution in [3.05, 3.63) is 60.2 Å². The highest BCUT2D eigenvalue weighted by molar-refractivity contribution is 5.18. The molecule has 0 aromatic heterocycles. The van der Waals surface area contributed by atoms with Crippen molar-refractivity contribution in [3.8, 4) is 0 Å². The zero-order valence-electron chi connectivity index (χ0n) is 13.5. The minimum Gasteiger partial charge on any atom is -0.396 e. The van der Waals surface area contributed by atoms with Gasteiger partial charge in [0.1, 0.15) is 0 Å². The average molecular weight is 288 g/mol. The van der Waals surface area contributed by atoms with Crippen LogP contribution in [0.3, 0.4) is 0 Å². The molecule has 2 nitrogen and oxygen atoms in total. The number of benzene rings is 1. The molecule has 0 bridgehead atoms. The number of aliphatic hydroxyl groups is 1. The molecule has 0 aliphatic heterocycles. The predicted molar refractivity (Wildman–Crippen MR) is 89.2 cm³/mol. The van der Waals surface area contributed by atoms with Crippen LogP contribution in [0.4, 0.5) is 0 Å². The Morgan fingerprint density at radius 2 is 2.00 bits per heavy atom. The Kier molecular flexibility index (Phi) is 7.41. The molecule has 2 unspecified atom stereocenters. The molecule has 0 spiro atoms. The maximum Gasteiger partial charge on any atom is 0.0858 e. The molecule has 1 aromatic rings. The molecule has 2 atom stereocenters. The Balaban J connectivity index is 2.79. The first-order valence-corrected chi connectivity index (χ1v) is 7.61. The highest BCUT2D eigenvalue weighted by atomic mass is 16.5. The van der Waals surface area contributed by atoms with Gasteiger partial charge in [-0.25, -0.2) is 0 Å². The third-order valence-electron chi connectivity index (χ3n) is 3.60. The molecule has 116 valence electrons. The fourth-order valence-electron chi connectivity index (χ4n) is 2.26. The van der Waals surface area contributed by atoms with E-state index in [1.165, 1.54) is 5.57 Å². The number of aliphatic hydroxyl groups excluding tert-OH is 1. The lowest BCUT2D eigenvalue weighted by Crippen LogP contribution is -2.28. The van der Waals surface area contributed by atoms with E-state index in [2.05, 4.69) is 33.4 Å². The fraction of sp³-hybridized carbons (Fsp3) is 0.474. The number of rotatable bonds is 9. The third kappa shape index (κ3) is 6.28. The Morgan fingerprint density at radius 1 is 1.33 bits per heavy atom. The number of ether oxygens (including phenoxy) is 1. The predicted octanol–water partition coefficient (Wildman–Crippen LogP) is 4.82. The second kappa shape index (κ2) is 8.81. The van der Waals surface area contributed by atoms with Gasteiger partial charge in [-0.15, -0.1) is 6.58 Å². The van der Waals surface area contributed by atoms with Gasteiger partial charge in [-0.2, -0.15) is 0 Å². The Bertz CT molecular complexity index is 446. The van der Waals surface area contributed by atoms with E-state index in [-0.39, 0.29) is 18.3 Å². The summed E-state index contributed by atoms with van der Waals surface area (Å²) in [6.45, 7) is 10.3. The summed E-state index contributed by atoms with van der Waals surface area (Å²) < 4.78 is 6.29. The fourth-order valence-corrected chi connectivity index (χ4v) is 2.26. The van der Waals surface area contributed by atoms with Crippen LogP contribution in [0.25, 0.3) is 0 Å². The molecule has 21 heavy (non-hydrogen) atoms. The van der Waals surface area contributed by atoms with Crippen molar-refractivity contribution < 1.29 is 9.84 Å². The van der Waals surface area contributed by atoms with E-state index in [1.807, 2.05) is 36.4 Å². The number of hydrogen-bond donors (Lipinski definition) is 1. The molecule has 0 fully saturated rings. The van der Waals surface area contributed by atoms with Crippen LogP contribution in [0.2, 0.25) is 0 Å². The number of hydrogen-bond acceptors (Lipinski definition) is 2. The molecule has 1 rings (SSSR count). The minimum atomic E-state index is -0.387. The molecule has 1 aromatic carbocycles. The maximum absolute atomic E-state index is 9.30. The van der Waals surface area contributed by atoms with Gasteiger partial charge in [0.05, 0.1) is 11.7 Å².